The van der Waals surface area contributed by atoms with E-state index in [1.165, 1.54) is 32.5 Å². The number of aliphatic hydroxyl groups is 1. The Labute approximate surface area is 121 Å². The van der Waals surface area contributed by atoms with Crippen molar-refractivity contribution in [1.29, 1.82) is 0 Å². The summed E-state index contributed by atoms with van der Waals surface area (Å²) in [5.41, 5.74) is 1.05. The van der Waals surface area contributed by atoms with Gasteiger partial charge in [-0.25, -0.2) is 9.78 Å². The number of benzene rings is 1. The van der Waals surface area contributed by atoms with Gasteiger partial charge in [0.2, 0.25) is 5.88 Å². The summed E-state index contributed by atoms with van der Waals surface area (Å²) in [7, 11) is 2.81. The summed E-state index contributed by atoms with van der Waals surface area (Å²) in [5.74, 6) is 0.675. The maximum absolute atomic E-state index is 11.5. The van der Waals surface area contributed by atoms with Crippen LogP contribution in [0.5, 0.6) is 17.4 Å². The van der Waals surface area contributed by atoms with Crippen LogP contribution in [0.25, 0.3) is 0 Å². The minimum atomic E-state index is -0.468. The normalized spacial score (nSPS) is 10.0. The molecule has 0 radical (unpaired) electrons. The molecule has 0 atom stereocenters. The van der Waals surface area contributed by atoms with Crippen molar-refractivity contribution in [1.82, 2.24) is 4.98 Å². The van der Waals surface area contributed by atoms with Crippen LogP contribution < -0.4 is 9.47 Å². The Hall–Kier alpha value is -2.60. The molecule has 0 bridgehead atoms. The van der Waals surface area contributed by atoms with Gasteiger partial charge in [0, 0.05) is 12.3 Å². The molecule has 0 aliphatic carbocycles. The number of pyridine rings is 1. The van der Waals surface area contributed by atoms with E-state index in [2.05, 4.69) is 9.72 Å². The van der Waals surface area contributed by atoms with E-state index < -0.39 is 5.97 Å². The number of nitrogens with zero attached hydrogens (tertiary/aromatic N) is 1. The lowest BCUT2D eigenvalue weighted by atomic mass is 10.2. The van der Waals surface area contributed by atoms with E-state index in [1.54, 1.807) is 18.2 Å². The van der Waals surface area contributed by atoms with Crippen molar-refractivity contribution in [3.05, 3.63) is 47.7 Å². The van der Waals surface area contributed by atoms with E-state index in [4.69, 9.17) is 14.6 Å². The first-order valence-corrected chi connectivity index (χ1v) is 6.18. The lowest BCUT2D eigenvalue weighted by molar-refractivity contribution is 0.0600. The Morgan fingerprint density at radius 3 is 2.67 bits per heavy atom. The minimum Gasteiger partial charge on any atom is -0.493 e. The van der Waals surface area contributed by atoms with Gasteiger partial charge in [-0.2, -0.15) is 0 Å². The predicted molar refractivity (Wildman–Crippen MR) is 74.6 cm³/mol. The SMILES string of the molecule is COC(=O)c1ccnc(Oc2ccc(CO)cc2OC)c1. The summed E-state index contributed by atoms with van der Waals surface area (Å²) in [5, 5.41) is 9.10. The molecule has 6 heteroatoms. The highest BCUT2D eigenvalue weighted by atomic mass is 16.5. The van der Waals surface area contributed by atoms with Gasteiger partial charge in [-0.1, -0.05) is 6.07 Å². The summed E-state index contributed by atoms with van der Waals surface area (Å²) in [6.07, 6.45) is 1.45. The van der Waals surface area contributed by atoms with Crippen LogP contribution in [0.4, 0.5) is 0 Å². The smallest absolute Gasteiger partial charge is 0.338 e. The van der Waals surface area contributed by atoms with Crippen molar-refractivity contribution >= 4 is 5.97 Å². The molecule has 1 aromatic heterocycles. The van der Waals surface area contributed by atoms with E-state index >= 15 is 0 Å². The van der Waals surface area contributed by atoms with E-state index in [0.717, 1.165) is 0 Å². The summed E-state index contributed by atoms with van der Waals surface area (Å²) < 4.78 is 15.5. The van der Waals surface area contributed by atoms with Crippen LogP contribution in [0.2, 0.25) is 0 Å². The molecule has 21 heavy (non-hydrogen) atoms. The summed E-state index contributed by atoms with van der Waals surface area (Å²) in [6, 6.07) is 8.05. The molecular weight excluding hydrogens is 274 g/mol. The van der Waals surface area contributed by atoms with Gasteiger partial charge in [-0.05, 0) is 23.8 Å². The summed E-state index contributed by atoms with van der Waals surface area (Å²) in [6.45, 7) is -0.0906. The number of rotatable bonds is 5. The second-order valence-electron chi connectivity index (χ2n) is 4.12. The van der Waals surface area contributed by atoms with Crippen LogP contribution in [-0.2, 0) is 11.3 Å². The van der Waals surface area contributed by atoms with Crippen molar-refractivity contribution in [3.8, 4) is 17.4 Å². The maximum atomic E-state index is 11.5. The summed E-state index contributed by atoms with van der Waals surface area (Å²) >= 11 is 0. The number of hydrogen-bond donors (Lipinski definition) is 1. The molecule has 0 unspecified atom stereocenters. The molecule has 0 fully saturated rings. The van der Waals surface area contributed by atoms with Crippen LogP contribution >= 0.6 is 0 Å². The fourth-order valence-corrected chi connectivity index (χ4v) is 1.72. The third-order valence-corrected chi connectivity index (χ3v) is 2.78. The lowest BCUT2D eigenvalue weighted by Crippen LogP contribution is -2.02. The zero-order valence-electron chi connectivity index (χ0n) is 11.7. The van der Waals surface area contributed by atoms with Crippen molar-refractivity contribution in [3.63, 3.8) is 0 Å². The molecule has 0 aliphatic rings. The monoisotopic (exact) mass is 289 g/mol. The lowest BCUT2D eigenvalue weighted by Gasteiger charge is -2.11. The molecule has 0 amide bonds. The van der Waals surface area contributed by atoms with E-state index in [9.17, 15) is 4.79 Å². The highest BCUT2D eigenvalue weighted by Gasteiger charge is 2.11. The molecule has 1 N–H and O–H groups in total. The van der Waals surface area contributed by atoms with Gasteiger partial charge >= 0.3 is 5.97 Å². The Balaban J connectivity index is 2.27. The quantitative estimate of drug-likeness (QED) is 0.850. The maximum Gasteiger partial charge on any atom is 0.338 e. The first kappa shape index (κ1) is 14.8. The molecule has 6 nitrogen and oxygen atoms in total. The molecule has 2 rings (SSSR count). The molecule has 0 aliphatic heterocycles. The zero-order valence-corrected chi connectivity index (χ0v) is 11.7. The molecule has 1 aromatic carbocycles. The first-order valence-electron chi connectivity index (χ1n) is 6.18. The number of aromatic nitrogens is 1. The minimum absolute atomic E-state index is 0.0906. The molecule has 0 saturated heterocycles. The number of methoxy groups -OCH3 is 2. The number of esters is 1. The number of carbonyl (C=O) groups is 1. The Morgan fingerprint density at radius 1 is 1.19 bits per heavy atom. The number of aliphatic hydroxyl groups excluding tert-OH is 1. The zero-order chi connectivity index (χ0) is 15.2. The van der Waals surface area contributed by atoms with E-state index in [0.29, 0.717) is 22.6 Å². The van der Waals surface area contributed by atoms with Gasteiger partial charge in [0.1, 0.15) is 0 Å². The molecule has 0 spiro atoms. The van der Waals surface area contributed by atoms with Crippen LogP contribution in [0.3, 0.4) is 0 Å². The molecule has 110 valence electrons. The first-order chi connectivity index (χ1) is 10.2. The van der Waals surface area contributed by atoms with E-state index in [-0.39, 0.29) is 12.5 Å². The molecule has 0 saturated carbocycles. The second kappa shape index (κ2) is 6.71. The van der Waals surface area contributed by atoms with Crippen LogP contribution in [0, 0.1) is 0 Å². The highest BCUT2D eigenvalue weighted by molar-refractivity contribution is 5.89. The fraction of sp³-hybridized carbons (Fsp3) is 0.200. The van der Waals surface area contributed by atoms with Gasteiger partial charge < -0.3 is 19.3 Å². The molecule has 1 heterocycles. The highest BCUT2D eigenvalue weighted by Crippen LogP contribution is 2.31. The molecular formula is C15H15NO5. The number of hydrogen-bond acceptors (Lipinski definition) is 6. The van der Waals surface area contributed by atoms with Gasteiger partial charge in [-0.3, -0.25) is 0 Å². The van der Waals surface area contributed by atoms with Crippen LogP contribution in [0.1, 0.15) is 15.9 Å². The van der Waals surface area contributed by atoms with Crippen LogP contribution in [-0.4, -0.2) is 30.3 Å². The van der Waals surface area contributed by atoms with Gasteiger partial charge in [0.15, 0.2) is 11.5 Å². The predicted octanol–water partition coefficient (Wildman–Crippen LogP) is 2.16. The average Bonchev–Trinajstić information content (AvgIpc) is 2.54. The third kappa shape index (κ3) is 3.49. The third-order valence-electron chi connectivity index (χ3n) is 2.78. The topological polar surface area (TPSA) is 77.9 Å². The van der Waals surface area contributed by atoms with Gasteiger partial charge in [0.25, 0.3) is 0 Å². The largest absolute Gasteiger partial charge is 0.493 e. The van der Waals surface area contributed by atoms with E-state index in [1.807, 2.05) is 0 Å². The Kier molecular flexibility index (Phi) is 4.73. The average molecular weight is 289 g/mol. The van der Waals surface area contributed by atoms with Gasteiger partial charge in [-0.15, -0.1) is 0 Å². The van der Waals surface area contributed by atoms with Gasteiger partial charge in [0.05, 0.1) is 26.4 Å². The summed E-state index contributed by atoms with van der Waals surface area (Å²) in [4.78, 5) is 15.5. The van der Waals surface area contributed by atoms with Crippen molar-refractivity contribution in [2.45, 2.75) is 6.61 Å². The van der Waals surface area contributed by atoms with Crippen molar-refractivity contribution < 1.29 is 24.1 Å². The molecule has 2 aromatic rings. The van der Waals surface area contributed by atoms with Crippen molar-refractivity contribution in [2.24, 2.45) is 0 Å². The Bertz CT molecular complexity index is 642. The fourth-order valence-electron chi connectivity index (χ4n) is 1.72. The second-order valence-corrected chi connectivity index (χ2v) is 4.12. The van der Waals surface area contributed by atoms with Crippen LogP contribution in [0.15, 0.2) is 36.5 Å². The Morgan fingerprint density at radius 2 is 2.00 bits per heavy atom. The number of ether oxygens (including phenoxy) is 3. The standard InChI is InChI=1S/C15H15NO5/c1-19-13-7-10(9-17)3-4-12(13)21-14-8-11(5-6-16-14)15(18)20-2/h3-8,17H,9H2,1-2H3. The van der Waals surface area contributed by atoms with Crippen molar-refractivity contribution in [2.75, 3.05) is 14.2 Å². The number of carbonyl (C=O) groups excluding carboxylic acids is 1.